The summed E-state index contributed by atoms with van der Waals surface area (Å²) >= 11 is 6.12. The highest BCUT2D eigenvalue weighted by atomic mass is 35.5. The summed E-state index contributed by atoms with van der Waals surface area (Å²) in [6.07, 6.45) is 0.750. The first-order valence-corrected chi connectivity index (χ1v) is 8.25. The van der Waals surface area contributed by atoms with E-state index in [0.29, 0.717) is 23.9 Å². The lowest BCUT2D eigenvalue weighted by Gasteiger charge is -2.19. The fourth-order valence-corrected chi connectivity index (χ4v) is 3.13. The van der Waals surface area contributed by atoms with Crippen molar-refractivity contribution in [3.63, 3.8) is 0 Å². The van der Waals surface area contributed by atoms with Gasteiger partial charge in [-0.05, 0) is 62.6 Å². The molecule has 1 unspecified atom stereocenters. The van der Waals surface area contributed by atoms with Gasteiger partial charge in [-0.2, -0.15) is 0 Å². The highest BCUT2D eigenvalue weighted by Crippen LogP contribution is 2.36. The minimum absolute atomic E-state index is 0.00641. The third-order valence-electron chi connectivity index (χ3n) is 4.02. The second-order valence-corrected chi connectivity index (χ2v) is 6.26. The Morgan fingerprint density at radius 2 is 1.96 bits per heavy atom. The average molecular weight is 334 g/mol. The van der Waals surface area contributed by atoms with Gasteiger partial charge in [0.15, 0.2) is 11.5 Å². The number of benzene rings is 2. The molecule has 0 heterocycles. The van der Waals surface area contributed by atoms with E-state index in [9.17, 15) is 5.11 Å². The van der Waals surface area contributed by atoms with E-state index in [1.165, 1.54) is 16.7 Å². The molecule has 124 valence electrons. The topological polar surface area (TPSA) is 55.5 Å². The van der Waals surface area contributed by atoms with Crippen LogP contribution in [0.15, 0.2) is 30.3 Å². The maximum atomic E-state index is 9.95. The van der Waals surface area contributed by atoms with Crippen LogP contribution in [0, 0.1) is 13.8 Å². The Morgan fingerprint density at radius 3 is 2.57 bits per heavy atom. The second-order valence-electron chi connectivity index (χ2n) is 5.85. The molecule has 0 amide bonds. The summed E-state index contributed by atoms with van der Waals surface area (Å²) < 4.78 is 5.45. The van der Waals surface area contributed by atoms with E-state index < -0.39 is 0 Å². The number of nitrogens with two attached hydrogens (primary N) is 1. The van der Waals surface area contributed by atoms with Crippen molar-refractivity contribution in [1.82, 2.24) is 0 Å². The summed E-state index contributed by atoms with van der Waals surface area (Å²) in [7, 11) is 0. The van der Waals surface area contributed by atoms with Crippen LogP contribution in [0.25, 0.3) is 0 Å². The molecule has 0 aliphatic heterocycles. The highest BCUT2D eigenvalue weighted by molar-refractivity contribution is 6.32. The monoisotopic (exact) mass is 333 g/mol. The molecule has 0 saturated heterocycles. The molecule has 0 radical (unpaired) electrons. The summed E-state index contributed by atoms with van der Waals surface area (Å²) in [6, 6.07) is 10.1. The molecule has 3 nitrogen and oxygen atoms in total. The number of aryl methyl sites for hydroxylation is 2. The fraction of sp³-hybridized carbons (Fsp3) is 0.368. The molecule has 0 aliphatic rings. The molecular weight excluding hydrogens is 310 g/mol. The Hall–Kier alpha value is -1.71. The predicted octanol–water partition coefficient (Wildman–Crippen LogP) is 4.35. The number of phenols is 1. The van der Waals surface area contributed by atoms with E-state index in [1.807, 2.05) is 13.0 Å². The first-order valence-electron chi connectivity index (χ1n) is 7.87. The predicted molar refractivity (Wildman–Crippen MR) is 95.7 cm³/mol. The maximum absolute atomic E-state index is 9.95. The Balaban J connectivity index is 2.31. The Morgan fingerprint density at radius 1 is 1.22 bits per heavy atom. The number of ether oxygens (including phenoxy) is 1. The molecular formula is C19H24ClNO2. The van der Waals surface area contributed by atoms with Crippen LogP contribution in [0.5, 0.6) is 11.5 Å². The Bertz CT molecular complexity index is 685. The number of halogens is 1. The molecule has 1 atom stereocenters. The summed E-state index contributed by atoms with van der Waals surface area (Å²) in [5.74, 6) is 0.616. The van der Waals surface area contributed by atoms with Crippen molar-refractivity contribution >= 4 is 11.6 Å². The van der Waals surface area contributed by atoms with Crippen molar-refractivity contribution in [1.29, 1.82) is 0 Å². The quantitative estimate of drug-likeness (QED) is 0.826. The minimum atomic E-state index is -0.00641. The molecule has 3 N–H and O–H groups in total. The molecule has 0 aromatic heterocycles. The van der Waals surface area contributed by atoms with Gasteiger partial charge in [0.2, 0.25) is 0 Å². The van der Waals surface area contributed by atoms with Crippen LogP contribution < -0.4 is 10.5 Å². The molecule has 2 aromatic rings. The van der Waals surface area contributed by atoms with Gasteiger partial charge in [0.25, 0.3) is 0 Å². The van der Waals surface area contributed by atoms with E-state index in [0.717, 1.165) is 12.0 Å². The van der Waals surface area contributed by atoms with Crippen molar-refractivity contribution in [2.45, 2.75) is 33.1 Å². The second kappa shape index (κ2) is 7.71. The van der Waals surface area contributed by atoms with E-state index in [-0.39, 0.29) is 11.7 Å². The van der Waals surface area contributed by atoms with Gasteiger partial charge in [0, 0.05) is 5.92 Å². The number of hydrogen-bond donors (Lipinski definition) is 2. The highest BCUT2D eigenvalue weighted by Gasteiger charge is 2.16. The molecule has 0 spiro atoms. The van der Waals surface area contributed by atoms with Crippen molar-refractivity contribution in [3.8, 4) is 11.5 Å². The zero-order chi connectivity index (χ0) is 17.0. The van der Waals surface area contributed by atoms with Crippen LogP contribution in [0.3, 0.4) is 0 Å². The van der Waals surface area contributed by atoms with Gasteiger partial charge < -0.3 is 15.6 Å². The number of phenolic OH excluding ortho intramolecular Hbond substituents is 1. The lowest BCUT2D eigenvalue weighted by molar-refractivity contribution is 0.318. The van der Waals surface area contributed by atoms with Crippen molar-refractivity contribution in [2.24, 2.45) is 5.73 Å². The maximum Gasteiger partial charge on any atom is 0.176 e. The van der Waals surface area contributed by atoms with Gasteiger partial charge in [-0.3, -0.25) is 0 Å². The first-order chi connectivity index (χ1) is 11.0. The number of aromatic hydroxyl groups is 1. The average Bonchev–Trinajstić information content (AvgIpc) is 2.50. The van der Waals surface area contributed by atoms with Gasteiger partial charge in [-0.1, -0.05) is 35.4 Å². The van der Waals surface area contributed by atoms with E-state index >= 15 is 0 Å². The van der Waals surface area contributed by atoms with E-state index in [1.54, 1.807) is 6.07 Å². The standard InChI is InChI=1S/C19H24ClNO2/c1-4-23-18-10-14(9-17(20)19(18)22)8-15(11-21)16-6-5-12(2)7-13(16)3/h5-7,9-10,15,22H,4,8,11,21H2,1-3H3. The van der Waals surface area contributed by atoms with Gasteiger partial charge >= 0.3 is 0 Å². The van der Waals surface area contributed by atoms with E-state index in [2.05, 4.69) is 32.0 Å². The third-order valence-corrected chi connectivity index (χ3v) is 4.31. The lowest BCUT2D eigenvalue weighted by atomic mass is 9.88. The summed E-state index contributed by atoms with van der Waals surface area (Å²) in [4.78, 5) is 0. The molecule has 23 heavy (non-hydrogen) atoms. The van der Waals surface area contributed by atoms with E-state index in [4.69, 9.17) is 22.1 Å². The number of rotatable bonds is 6. The summed E-state index contributed by atoms with van der Waals surface area (Å²) in [6.45, 7) is 7.10. The minimum Gasteiger partial charge on any atom is -0.503 e. The number of hydrogen-bond acceptors (Lipinski definition) is 3. The molecule has 2 aromatic carbocycles. The van der Waals surface area contributed by atoms with Crippen LogP contribution in [0.1, 0.15) is 35.1 Å². The van der Waals surface area contributed by atoms with Crippen molar-refractivity contribution in [3.05, 3.63) is 57.6 Å². The van der Waals surface area contributed by atoms with Gasteiger partial charge in [0.1, 0.15) is 0 Å². The SMILES string of the molecule is CCOc1cc(CC(CN)c2ccc(C)cc2C)cc(Cl)c1O. The van der Waals surface area contributed by atoms with Crippen LogP contribution in [-0.4, -0.2) is 18.3 Å². The summed E-state index contributed by atoms with van der Waals surface area (Å²) in [5.41, 5.74) is 10.8. The third kappa shape index (κ3) is 4.18. The van der Waals surface area contributed by atoms with Crippen LogP contribution >= 0.6 is 11.6 Å². The van der Waals surface area contributed by atoms with Gasteiger partial charge in [0.05, 0.1) is 11.6 Å². The molecule has 4 heteroatoms. The summed E-state index contributed by atoms with van der Waals surface area (Å²) in [5, 5.41) is 10.3. The first kappa shape index (κ1) is 17.6. The molecule has 0 fully saturated rings. The van der Waals surface area contributed by atoms with Crippen molar-refractivity contribution < 1.29 is 9.84 Å². The van der Waals surface area contributed by atoms with Gasteiger partial charge in [-0.15, -0.1) is 0 Å². The van der Waals surface area contributed by atoms with Crippen LogP contribution in [-0.2, 0) is 6.42 Å². The zero-order valence-corrected chi connectivity index (χ0v) is 14.7. The largest absolute Gasteiger partial charge is 0.503 e. The zero-order valence-electron chi connectivity index (χ0n) is 13.9. The Labute approximate surface area is 143 Å². The molecule has 0 bridgehead atoms. The van der Waals surface area contributed by atoms with Gasteiger partial charge in [-0.25, -0.2) is 0 Å². The molecule has 0 saturated carbocycles. The Kier molecular flexibility index (Phi) is 5.91. The van der Waals surface area contributed by atoms with Crippen molar-refractivity contribution in [2.75, 3.05) is 13.2 Å². The molecule has 0 aliphatic carbocycles. The fourth-order valence-electron chi connectivity index (χ4n) is 2.90. The lowest BCUT2D eigenvalue weighted by Crippen LogP contribution is -2.16. The normalized spacial score (nSPS) is 12.2. The van der Waals surface area contributed by atoms with Crippen LogP contribution in [0.2, 0.25) is 5.02 Å². The van der Waals surface area contributed by atoms with Crippen LogP contribution in [0.4, 0.5) is 0 Å². The smallest absolute Gasteiger partial charge is 0.176 e. The molecule has 2 rings (SSSR count).